The van der Waals surface area contributed by atoms with Gasteiger partial charge in [0.2, 0.25) is 0 Å². The van der Waals surface area contributed by atoms with Crippen molar-refractivity contribution >= 4 is 46.4 Å². The molecule has 1 aliphatic heterocycles. The SMILES string of the molecule is O=C(C[NH+]1CC[NH+](Cc2ccc(Cl)cc2)CC1)Nc1cc(Cl)ccc1Cl. The van der Waals surface area contributed by atoms with Crippen LogP contribution < -0.4 is 15.1 Å². The molecule has 4 nitrogen and oxygen atoms in total. The van der Waals surface area contributed by atoms with Crippen LogP contribution in [0.1, 0.15) is 5.56 Å². The van der Waals surface area contributed by atoms with Crippen LogP contribution in [-0.2, 0) is 11.3 Å². The van der Waals surface area contributed by atoms with Gasteiger partial charge in [0.25, 0.3) is 5.91 Å². The normalized spacial score (nSPS) is 20.0. The fraction of sp³-hybridized carbons (Fsp3) is 0.316. The fourth-order valence-corrected chi connectivity index (χ4v) is 3.68. The smallest absolute Gasteiger partial charge is 0.279 e. The van der Waals surface area contributed by atoms with Crippen LogP contribution >= 0.6 is 34.8 Å². The van der Waals surface area contributed by atoms with E-state index in [9.17, 15) is 4.79 Å². The summed E-state index contributed by atoms with van der Waals surface area (Å²) in [6, 6.07) is 13.1. The van der Waals surface area contributed by atoms with E-state index in [1.54, 1.807) is 18.2 Å². The predicted octanol–water partition coefficient (Wildman–Crippen LogP) is 1.57. The highest BCUT2D eigenvalue weighted by molar-refractivity contribution is 6.35. The van der Waals surface area contributed by atoms with Gasteiger partial charge in [0, 0.05) is 15.6 Å². The molecule has 0 radical (unpaired) electrons. The van der Waals surface area contributed by atoms with Gasteiger partial charge in [-0.1, -0.05) is 46.9 Å². The Morgan fingerprint density at radius 3 is 2.19 bits per heavy atom. The lowest BCUT2D eigenvalue weighted by atomic mass is 10.2. The first-order chi connectivity index (χ1) is 12.5. The van der Waals surface area contributed by atoms with Crippen LogP contribution in [0.4, 0.5) is 5.69 Å². The zero-order valence-electron chi connectivity index (χ0n) is 14.3. The summed E-state index contributed by atoms with van der Waals surface area (Å²) < 4.78 is 0. The average Bonchev–Trinajstić information content (AvgIpc) is 2.62. The van der Waals surface area contributed by atoms with Crippen LogP contribution in [0.15, 0.2) is 42.5 Å². The molecule has 0 bridgehead atoms. The number of nitrogens with one attached hydrogen (secondary N) is 3. The van der Waals surface area contributed by atoms with E-state index >= 15 is 0 Å². The van der Waals surface area contributed by atoms with E-state index in [0.29, 0.717) is 22.3 Å². The summed E-state index contributed by atoms with van der Waals surface area (Å²) in [6.45, 7) is 5.47. The van der Waals surface area contributed by atoms with Gasteiger partial charge in [-0.3, -0.25) is 4.79 Å². The molecule has 3 rings (SSSR count). The molecule has 0 unspecified atom stereocenters. The standard InChI is InChI=1S/C19H20Cl3N3O/c20-15-3-1-14(2-4-15)12-24-7-9-25(10-8-24)13-19(26)23-18-11-16(21)5-6-17(18)22/h1-6,11H,7-10,12-13H2,(H,23,26)/p+2. The summed E-state index contributed by atoms with van der Waals surface area (Å²) >= 11 is 18.0. The van der Waals surface area contributed by atoms with E-state index in [4.69, 9.17) is 34.8 Å². The highest BCUT2D eigenvalue weighted by atomic mass is 35.5. The number of benzene rings is 2. The number of hydrogen-bond donors (Lipinski definition) is 3. The second kappa shape index (κ2) is 9.07. The summed E-state index contributed by atoms with van der Waals surface area (Å²) in [4.78, 5) is 15.1. The second-order valence-corrected chi connectivity index (χ2v) is 7.93. The lowest BCUT2D eigenvalue weighted by Gasteiger charge is -2.29. The quantitative estimate of drug-likeness (QED) is 0.683. The summed E-state index contributed by atoms with van der Waals surface area (Å²) in [5.41, 5.74) is 1.86. The summed E-state index contributed by atoms with van der Waals surface area (Å²) in [7, 11) is 0. The molecule has 0 atom stereocenters. The summed E-state index contributed by atoms with van der Waals surface area (Å²) in [6.07, 6.45) is 0. The Kier molecular flexibility index (Phi) is 6.79. The minimum atomic E-state index is -0.0367. The van der Waals surface area contributed by atoms with Gasteiger partial charge in [-0.15, -0.1) is 0 Å². The van der Waals surface area contributed by atoms with Crippen LogP contribution in [-0.4, -0.2) is 38.6 Å². The van der Waals surface area contributed by atoms with E-state index in [1.807, 2.05) is 12.1 Å². The first kappa shape index (κ1) is 19.5. The van der Waals surface area contributed by atoms with Gasteiger partial charge < -0.3 is 15.1 Å². The molecule has 3 N–H and O–H groups in total. The van der Waals surface area contributed by atoms with Crippen molar-refractivity contribution < 1.29 is 14.6 Å². The third-order valence-electron chi connectivity index (χ3n) is 4.64. The average molecular weight is 415 g/mol. The van der Waals surface area contributed by atoms with Crippen molar-refractivity contribution in [2.45, 2.75) is 6.54 Å². The van der Waals surface area contributed by atoms with E-state index in [2.05, 4.69) is 17.4 Å². The van der Waals surface area contributed by atoms with Crippen molar-refractivity contribution in [3.05, 3.63) is 63.1 Å². The molecule has 1 heterocycles. The summed E-state index contributed by atoms with van der Waals surface area (Å²) in [5.74, 6) is -0.0367. The second-order valence-electron chi connectivity index (χ2n) is 6.65. The van der Waals surface area contributed by atoms with Gasteiger partial charge in [-0.25, -0.2) is 0 Å². The Balaban J connectivity index is 1.45. The maximum atomic E-state index is 12.3. The van der Waals surface area contributed by atoms with Crippen LogP contribution in [0.3, 0.4) is 0 Å². The highest BCUT2D eigenvalue weighted by Gasteiger charge is 2.25. The molecule has 1 fully saturated rings. The number of rotatable bonds is 5. The van der Waals surface area contributed by atoms with E-state index < -0.39 is 0 Å². The number of carbonyl (C=O) groups excluding carboxylic acids is 1. The topological polar surface area (TPSA) is 38.0 Å². The van der Waals surface area contributed by atoms with Gasteiger partial charge in [-0.05, 0) is 30.3 Å². The molecule has 1 amide bonds. The molecule has 7 heteroatoms. The minimum Gasteiger partial charge on any atom is -0.322 e. The first-order valence-electron chi connectivity index (χ1n) is 8.66. The molecule has 138 valence electrons. The Morgan fingerprint density at radius 2 is 1.50 bits per heavy atom. The fourth-order valence-electron chi connectivity index (χ4n) is 3.22. The lowest BCUT2D eigenvalue weighted by molar-refractivity contribution is -1.02. The van der Waals surface area contributed by atoms with Crippen LogP contribution in [0, 0.1) is 0 Å². The number of anilines is 1. The Bertz CT molecular complexity index is 759. The number of halogens is 3. The number of quaternary nitrogens is 2. The molecule has 0 spiro atoms. The van der Waals surface area contributed by atoms with Crippen LogP contribution in [0.5, 0.6) is 0 Å². The van der Waals surface area contributed by atoms with Gasteiger partial charge in [0.15, 0.2) is 6.54 Å². The predicted molar refractivity (Wildman–Crippen MR) is 107 cm³/mol. The summed E-state index contributed by atoms with van der Waals surface area (Å²) in [5, 5.41) is 4.67. The van der Waals surface area contributed by atoms with Crippen LogP contribution in [0.2, 0.25) is 15.1 Å². The molecular weight excluding hydrogens is 393 g/mol. The maximum Gasteiger partial charge on any atom is 0.279 e. The van der Waals surface area contributed by atoms with Gasteiger partial charge in [0.1, 0.15) is 32.7 Å². The van der Waals surface area contributed by atoms with Crippen molar-refractivity contribution in [1.82, 2.24) is 0 Å². The third kappa shape index (κ3) is 5.60. The number of piperazine rings is 1. The van der Waals surface area contributed by atoms with Crippen molar-refractivity contribution in [2.24, 2.45) is 0 Å². The van der Waals surface area contributed by atoms with Gasteiger partial charge in [0.05, 0.1) is 10.7 Å². The molecular formula is C19H22Cl3N3O+2. The van der Waals surface area contributed by atoms with E-state index in [-0.39, 0.29) is 5.91 Å². The number of amides is 1. The lowest BCUT2D eigenvalue weighted by Crippen LogP contribution is -3.28. The first-order valence-corrected chi connectivity index (χ1v) is 9.79. The van der Waals surface area contributed by atoms with Crippen molar-refractivity contribution in [2.75, 3.05) is 38.0 Å². The zero-order chi connectivity index (χ0) is 18.5. The number of carbonyl (C=O) groups is 1. The Labute approximate surface area is 168 Å². The third-order valence-corrected chi connectivity index (χ3v) is 5.46. The molecule has 2 aromatic rings. The molecule has 26 heavy (non-hydrogen) atoms. The van der Waals surface area contributed by atoms with Gasteiger partial charge >= 0.3 is 0 Å². The Hall–Kier alpha value is -1.30. The van der Waals surface area contributed by atoms with E-state index in [1.165, 1.54) is 15.4 Å². The minimum absolute atomic E-state index is 0.0367. The van der Waals surface area contributed by atoms with Gasteiger partial charge in [-0.2, -0.15) is 0 Å². The molecule has 0 aromatic heterocycles. The molecule has 2 aromatic carbocycles. The monoisotopic (exact) mass is 413 g/mol. The number of hydrogen-bond acceptors (Lipinski definition) is 1. The van der Waals surface area contributed by atoms with Crippen molar-refractivity contribution in [3.8, 4) is 0 Å². The molecule has 1 aliphatic rings. The zero-order valence-corrected chi connectivity index (χ0v) is 16.6. The largest absolute Gasteiger partial charge is 0.322 e. The molecule has 0 aliphatic carbocycles. The molecule has 0 saturated carbocycles. The highest BCUT2D eigenvalue weighted by Crippen LogP contribution is 2.25. The molecule has 1 saturated heterocycles. The van der Waals surface area contributed by atoms with Crippen LogP contribution in [0.25, 0.3) is 0 Å². The Morgan fingerprint density at radius 1 is 0.885 bits per heavy atom. The van der Waals surface area contributed by atoms with E-state index in [0.717, 1.165) is 37.7 Å². The maximum absolute atomic E-state index is 12.3. The van der Waals surface area contributed by atoms with Crippen molar-refractivity contribution in [1.29, 1.82) is 0 Å². The van der Waals surface area contributed by atoms with Crippen molar-refractivity contribution in [3.63, 3.8) is 0 Å².